The topological polar surface area (TPSA) is 64.3 Å². The molecule has 2 aromatic rings. The molecule has 0 aliphatic heterocycles. The smallest absolute Gasteiger partial charge is 0.245 e. The Bertz CT molecular complexity index is 718. The summed E-state index contributed by atoms with van der Waals surface area (Å²) in [5.41, 5.74) is 0.649. The van der Waals surface area contributed by atoms with Crippen molar-refractivity contribution in [2.24, 2.45) is 4.99 Å². The van der Waals surface area contributed by atoms with Gasteiger partial charge >= 0.3 is 0 Å². The lowest BCUT2D eigenvalue weighted by Crippen LogP contribution is -2.15. The fraction of sp³-hybridized carbons (Fsp3) is 0.167. The number of carbonyl (C=O) groups excluding carboxylic acids is 2. The van der Waals surface area contributed by atoms with Gasteiger partial charge in [-0.15, -0.1) is 0 Å². The predicted molar refractivity (Wildman–Crippen MR) is 72.7 cm³/mol. The van der Waals surface area contributed by atoms with Gasteiger partial charge in [0.05, 0.1) is 5.69 Å². The third kappa shape index (κ3) is 3.15. The van der Waals surface area contributed by atoms with Gasteiger partial charge in [-0.05, 0) is 18.2 Å². The van der Waals surface area contributed by atoms with Crippen LogP contribution in [0.3, 0.4) is 0 Å². The molecule has 0 radical (unpaired) electrons. The van der Waals surface area contributed by atoms with Crippen LogP contribution >= 0.6 is 22.9 Å². The summed E-state index contributed by atoms with van der Waals surface area (Å²) in [7, 11) is 0. The lowest BCUT2D eigenvalue weighted by atomic mass is 10.3. The highest BCUT2D eigenvalue weighted by molar-refractivity contribution is 7.11. The maximum atomic E-state index is 11.4. The minimum absolute atomic E-state index is 0.175. The van der Waals surface area contributed by atoms with Crippen molar-refractivity contribution in [1.29, 1.82) is 0 Å². The summed E-state index contributed by atoms with van der Waals surface area (Å²) < 4.78 is 1.44. The Hall–Kier alpha value is -1.79. The van der Waals surface area contributed by atoms with E-state index in [-0.39, 0.29) is 11.7 Å². The van der Waals surface area contributed by atoms with Crippen LogP contribution in [0.4, 0.5) is 0 Å². The van der Waals surface area contributed by atoms with Gasteiger partial charge in [0, 0.05) is 18.9 Å². The summed E-state index contributed by atoms with van der Waals surface area (Å²) in [5, 5.41) is 4.98. The van der Waals surface area contributed by atoms with Crippen molar-refractivity contribution >= 4 is 34.6 Å². The molecule has 0 aliphatic carbocycles. The molecule has 1 aromatic heterocycles. The second-order valence-electron chi connectivity index (χ2n) is 3.77. The zero-order valence-electron chi connectivity index (χ0n) is 10.3. The van der Waals surface area contributed by atoms with E-state index in [1.54, 1.807) is 24.3 Å². The Kier molecular flexibility index (Phi) is 3.92. The number of nitrogens with zero attached hydrogens (tertiary/aromatic N) is 3. The van der Waals surface area contributed by atoms with Gasteiger partial charge in [0.25, 0.3) is 0 Å². The average Bonchev–Trinajstić information content (AvgIpc) is 2.72. The van der Waals surface area contributed by atoms with E-state index in [0.29, 0.717) is 20.5 Å². The number of hydrogen-bond donors (Lipinski definition) is 0. The minimum atomic E-state index is -0.352. The number of Topliss-reactive ketones (excluding diaryl/α,β-unsaturated/α-hetero) is 1. The van der Waals surface area contributed by atoms with E-state index < -0.39 is 0 Å². The molecule has 7 heteroatoms. The Morgan fingerprint density at radius 1 is 1.37 bits per heavy atom. The molecule has 0 N–H and O–H groups in total. The van der Waals surface area contributed by atoms with Crippen LogP contribution in [-0.2, 0) is 4.79 Å². The first kappa shape index (κ1) is 13.6. The first-order chi connectivity index (χ1) is 8.97. The van der Waals surface area contributed by atoms with E-state index in [2.05, 4.69) is 10.1 Å². The van der Waals surface area contributed by atoms with Crippen LogP contribution in [-0.4, -0.2) is 21.5 Å². The molecule has 0 fully saturated rings. The minimum Gasteiger partial charge on any atom is -0.292 e. The number of ketones is 1. The fourth-order valence-corrected chi connectivity index (χ4v) is 2.44. The van der Waals surface area contributed by atoms with Crippen molar-refractivity contribution in [3.05, 3.63) is 39.1 Å². The number of carbonyl (C=O) groups is 2. The summed E-state index contributed by atoms with van der Waals surface area (Å²) in [5.74, 6) is -0.527. The molecule has 1 heterocycles. The largest absolute Gasteiger partial charge is 0.292 e. The van der Waals surface area contributed by atoms with Crippen molar-refractivity contribution in [1.82, 2.24) is 9.78 Å². The first-order valence-corrected chi connectivity index (χ1v) is 6.59. The van der Waals surface area contributed by atoms with E-state index in [4.69, 9.17) is 11.6 Å². The molecule has 5 nitrogen and oxygen atoms in total. The second kappa shape index (κ2) is 5.46. The third-order valence-electron chi connectivity index (χ3n) is 2.17. The molecule has 2 rings (SSSR count). The summed E-state index contributed by atoms with van der Waals surface area (Å²) in [4.78, 5) is 26.7. The van der Waals surface area contributed by atoms with Crippen molar-refractivity contribution in [2.45, 2.75) is 13.8 Å². The van der Waals surface area contributed by atoms with E-state index in [9.17, 15) is 9.59 Å². The molecule has 98 valence electrons. The predicted octanol–water partition coefficient (Wildman–Crippen LogP) is 2.24. The van der Waals surface area contributed by atoms with E-state index in [1.807, 2.05) is 0 Å². The summed E-state index contributed by atoms with van der Waals surface area (Å²) in [6.45, 7) is 2.76. The molecule has 1 aromatic carbocycles. The van der Waals surface area contributed by atoms with Crippen LogP contribution in [0.2, 0.25) is 5.02 Å². The van der Waals surface area contributed by atoms with E-state index in [1.165, 1.54) is 18.5 Å². The summed E-state index contributed by atoms with van der Waals surface area (Å²) in [6, 6.07) is 6.94. The Balaban J connectivity index is 2.68. The van der Waals surface area contributed by atoms with E-state index in [0.717, 1.165) is 11.3 Å². The average molecular weight is 296 g/mol. The molecule has 19 heavy (non-hydrogen) atoms. The Morgan fingerprint density at radius 3 is 2.68 bits per heavy atom. The standard InChI is InChI=1S/C12H10ClN3O2S/c1-7(17)11-15-16(12(19-11)14-8(2)18)10-5-3-4-9(13)6-10/h3-6H,1-2H3. The van der Waals surface area contributed by atoms with Crippen molar-refractivity contribution in [3.8, 4) is 5.69 Å². The van der Waals surface area contributed by atoms with Gasteiger partial charge < -0.3 is 0 Å². The lowest BCUT2D eigenvalue weighted by molar-refractivity contribution is -0.116. The number of aromatic nitrogens is 2. The molecule has 0 saturated heterocycles. The molecule has 0 saturated carbocycles. The Morgan fingerprint density at radius 2 is 2.11 bits per heavy atom. The van der Waals surface area contributed by atoms with Crippen LogP contribution < -0.4 is 4.80 Å². The summed E-state index contributed by atoms with van der Waals surface area (Å²) in [6.07, 6.45) is 0. The Labute approximate surface area is 118 Å². The zero-order valence-corrected chi connectivity index (χ0v) is 11.8. The molecule has 0 aliphatic rings. The van der Waals surface area contributed by atoms with Crippen molar-refractivity contribution in [2.75, 3.05) is 0 Å². The lowest BCUT2D eigenvalue weighted by Gasteiger charge is -2.00. The van der Waals surface area contributed by atoms with Crippen LogP contribution in [0.5, 0.6) is 0 Å². The molecule has 0 spiro atoms. The van der Waals surface area contributed by atoms with Gasteiger partial charge in [0.1, 0.15) is 0 Å². The van der Waals surface area contributed by atoms with E-state index >= 15 is 0 Å². The van der Waals surface area contributed by atoms with Crippen LogP contribution in [0.15, 0.2) is 29.3 Å². The van der Waals surface area contributed by atoms with Gasteiger partial charge in [0.2, 0.25) is 10.7 Å². The van der Waals surface area contributed by atoms with Gasteiger partial charge in [0.15, 0.2) is 10.8 Å². The zero-order chi connectivity index (χ0) is 14.0. The number of hydrogen-bond acceptors (Lipinski definition) is 4. The van der Waals surface area contributed by atoms with Crippen LogP contribution in [0.25, 0.3) is 5.69 Å². The van der Waals surface area contributed by atoms with Crippen molar-refractivity contribution < 1.29 is 9.59 Å². The third-order valence-corrected chi connectivity index (χ3v) is 3.41. The quantitative estimate of drug-likeness (QED) is 0.798. The molecule has 1 amide bonds. The maximum Gasteiger partial charge on any atom is 0.245 e. The SMILES string of the molecule is CC(=O)N=c1sc(C(C)=O)nn1-c1cccc(Cl)c1. The summed E-state index contributed by atoms with van der Waals surface area (Å²) >= 11 is 6.99. The molecule has 0 unspecified atom stereocenters. The van der Waals surface area contributed by atoms with Crippen LogP contribution in [0, 0.1) is 0 Å². The molecular weight excluding hydrogens is 286 g/mol. The van der Waals surface area contributed by atoms with Gasteiger partial charge in [-0.25, -0.2) is 4.68 Å². The normalized spacial score (nSPS) is 11.6. The van der Waals surface area contributed by atoms with Crippen LogP contribution in [0.1, 0.15) is 23.6 Å². The highest BCUT2D eigenvalue weighted by Crippen LogP contribution is 2.14. The molecule has 0 bridgehead atoms. The number of rotatable bonds is 2. The first-order valence-electron chi connectivity index (χ1n) is 5.39. The van der Waals surface area contributed by atoms with Gasteiger partial charge in [-0.3, -0.25) is 9.59 Å². The van der Waals surface area contributed by atoms with Crippen molar-refractivity contribution in [3.63, 3.8) is 0 Å². The number of amides is 1. The fourth-order valence-electron chi connectivity index (χ4n) is 1.41. The molecular formula is C12H10ClN3O2S. The monoisotopic (exact) mass is 295 g/mol. The highest BCUT2D eigenvalue weighted by atomic mass is 35.5. The number of benzene rings is 1. The van der Waals surface area contributed by atoms with Gasteiger partial charge in [-0.2, -0.15) is 10.1 Å². The number of halogens is 1. The maximum absolute atomic E-state index is 11.4. The molecule has 0 atom stereocenters. The highest BCUT2D eigenvalue weighted by Gasteiger charge is 2.11. The second-order valence-corrected chi connectivity index (χ2v) is 5.16. The van der Waals surface area contributed by atoms with Gasteiger partial charge in [-0.1, -0.05) is 29.0 Å².